The van der Waals surface area contributed by atoms with Crippen LogP contribution in [0.3, 0.4) is 0 Å². The lowest BCUT2D eigenvalue weighted by molar-refractivity contribution is -0.142. The van der Waals surface area contributed by atoms with E-state index in [0.717, 1.165) is 6.42 Å². The van der Waals surface area contributed by atoms with E-state index in [1.807, 2.05) is 0 Å². The third-order valence-corrected chi connectivity index (χ3v) is 5.97. The van der Waals surface area contributed by atoms with Crippen LogP contribution in [0.2, 0.25) is 0 Å². The first-order valence-corrected chi connectivity index (χ1v) is 8.55. The highest BCUT2D eigenvalue weighted by atomic mass is 32.2. The van der Waals surface area contributed by atoms with Gasteiger partial charge >= 0.3 is 12.0 Å². The van der Waals surface area contributed by atoms with Crippen LogP contribution in [0.25, 0.3) is 0 Å². The molecule has 3 N–H and O–H groups in total. The number of aliphatic carboxylic acids is 1. The monoisotopic (exact) mass is 304 g/mol. The molecule has 1 aliphatic heterocycles. The van der Waals surface area contributed by atoms with Gasteiger partial charge in [0.05, 0.1) is 23.0 Å². The van der Waals surface area contributed by atoms with Gasteiger partial charge in [-0.1, -0.05) is 6.42 Å². The molecule has 1 aliphatic carbocycles. The summed E-state index contributed by atoms with van der Waals surface area (Å²) in [6, 6.07) is -0.864. The predicted octanol–water partition coefficient (Wildman–Crippen LogP) is 0.116. The van der Waals surface area contributed by atoms with Crippen molar-refractivity contribution in [2.45, 2.75) is 44.2 Å². The Kier molecular flexibility index (Phi) is 3.95. The molecule has 20 heavy (non-hydrogen) atoms. The van der Waals surface area contributed by atoms with E-state index < -0.39 is 33.3 Å². The third kappa shape index (κ3) is 3.41. The van der Waals surface area contributed by atoms with Gasteiger partial charge in [-0.25, -0.2) is 13.2 Å². The lowest BCUT2D eigenvalue weighted by Crippen LogP contribution is -2.54. The van der Waals surface area contributed by atoms with Crippen LogP contribution in [0.1, 0.15) is 32.6 Å². The molecule has 114 valence electrons. The minimum atomic E-state index is -3.09. The summed E-state index contributed by atoms with van der Waals surface area (Å²) in [7, 11) is -3.09. The van der Waals surface area contributed by atoms with Crippen molar-refractivity contribution >= 4 is 21.8 Å². The highest BCUT2D eigenvalue weighted by molar-refractivity contribution is 7.91. The van der Waals surface area contributed by atoms with Gasteiger partial charge in [0.2, 0.25) is 0 Å². The van der Waals surface area contributed by atoms with E-state index in [1.54, 1.807) is 6.92 Å². The number of carbonyl (C=O) groups is 2. The molecule has 3 atom stereocenters. The number of carboxylic acid groups (broad SMARTS) is 1. The number of hydrogen-bond donors (Lipinski definition) is 3. The molecule has 0 spiro atoms. The van der Waals surface area contributed by atoms with Crippen LogP contribution in [0, 0.1) is 5.92 Å². The molecule has 7 nitrogen and oxygen atoms in total. The molecule has 8 heteroatoms. The average molecular weight is 304 g/mol. The molecule has 1 heterocycles. The Morgan fingerprint density at radius 1 is 1.30 bits per heavy atom. The maximum Gasteiger partial charge on any atom is 0.315 e. The van der Waals surface area contributed by atoms with Gasteiger partial charge in [-0.15, -0.1) is 0 Å². The molecule has 2 rings (SSSR count). The number of sulfone groups is 1. The molecule has 0 aromatic heterocycles. The predicted molar refractivity (Wildman–Crippen MR) is 72.1 cm³/mol. The largest absolute Gasteiger partial charge is 0.481 e. The van der Waals surface area contributed by atoms with Gasteiger partial charge in [0.15, 0.2) is 9.84 Å². The molecular weight excluding hydrogens is 284 g/mol. The van der Waals surface area contributed by atoms with E-state index in [9.17, 15) is 18.0 Å². The molecule has 2 amide bonds. The van der Waals surface area contributed by atoms with Crippen LogP contribution in [0.15, 0.2) is 0 Å². The lowest BCUT2D eigenvalue weighted by Gasteiger charge is -2.26. The number of carbonyl (C=O) groups excluding carboxylic acids is 1. The number of urea groups is 1. The zero-order valence-electron chi connectivity index (χ0n) is 11.4. The van der Waals surface area contributed by atoms with Crippen molar-refractivity contribution in [3.63, 3.8) is 0 Å². The standard InChI is InChI=1S/C12H20N2O5S/c1-12(5-6-20(18,19)7-12)14-11(17)13-9-4-2-3-8(9)10(15)16/h8-9H,2-7H2,1H3,(H,15,16)(H2,13,14,17). The van der Waals surface area contributed by atoms with Crippen molar-refractivity contribution in [1.82, 2.24) is 10.6 Å². The van der Waals surface area contributed by atoms with Gasteiger partial charge in [0, 0.05) is 6.04 Å². The molecule has 0 aromatic rings. The Bertz CT molecular complexity index is 518. The Morgan fingerprint density at radius 2 is 2.00 bits per heavy atom. The second kappa shape index (κ2) is 5.23. The molecule has 0 radical (unpaired) electrons. The Balaban J connectivity index is 1.91. The smallest absolute Gasteiger partial charge is 0.315 e. The first-order valence-electron chi connectivity index (χ1n) is 6.73. The van der Waals surface area contributed by atoms with Crippen molar-refractivity contribution < 1.29 is 23.1 Å². The minimum absolute atomic E-state index is 0.0690. The van der Waals surface area contributed by atoms with E-state index in [1.165, 1.54) is 0 Å². The fourth-order valence-electron chi connectivity index (χ4n) is 3.02. The molecule has 1 saturated carbocycles. The first kappa shape index (κ1) is 15.1. The quantitative estimate of drug-likeness (QED) is 0.685. The molecule has 2 aliphatic rings. The highest BCUT2D eigenvalue weighted by Gasteiger charge is 2.40. The van der Waals surface area contributed by atoms with Crippen LogP contribution in [-0.2, 0) is 14.6 Å². The summed E-state index contributed by atoms with van der Waals surface area (Å²) in [5.74, 6) is -1.45. The van der Waals surface area contributed by atoms with E-state index in [0.29, 0.717) is 19.3 Å². The SMILES string of the molecule is CC1(NC(=O)NC2CCCC2C(=O)O)CCS(=O)(=O)C1. The second-order valence-electron chi connectivity index (χ2n) is 5.98. The summed E-state index contributed by atoms with van der Waals surface area (Å²) in [5.41, 5.74) is -0.764. The van der Waals surface area contributed by atoms with E-state index in [-0.39, 0.29) is 17.5 Å². The summed E-state index contributed by atoms with van der Waals surface area (Å²) in [6.45, 7) is 1.69. The summed E-state index contributed by atoms with van der Waals surface area (Å²) in [4.78, 5) is 23.0. The number of amides is 2. The summed E-state index contributed by atoms with van der Waals surface area (Å²) in [5, 5.41) is 14.4. The number of rotatable bonds is 3. The summed E-state index contributed by atoms with van der Waals surface area (Å²) < 4.78 is 22.9. The van der Waals surface area contributed by atoms with Gasteiger partial charge in [0.1, 0.15) is 0 Å². The van der Waals surface area contributed by atoms with Crippen LogP contribution in [0.4, 0.5) is 4.79 Å². The maximum atomic E-state index is 11.9. The maximum absolute atomic E-state index is 11.9. The second-order valence-corrected chi connectivity index (χ2v) is 8.17. The van der Waals surface area contributed by atoms with Gasteiger partial charge < -0.3 is 15.7 Å². The van der Waals surface area contributed by atoms with Crippen LogP contribution < -0.4 is 10.6 Å². The Morgan fingerprint density at radius 3 is 2.55 bits per heavy atom. The van der Waals surface area contributed by atoms with Crippen molar-refractivity contribution in [2.75, 3.05) is 11.5 Å². The zero-order chi connectivity index (χ0) is 15.0. The van der Waals surface area contributed by atoms with E-state index in [2.05, 4.69) is 10.6 Å². The fraction of sp³-hybridized carbons (Fsp3) is 0.833. The van der Waals surface area contributed by atoms with Gasteiger partial charge in [-0.05, 0) is 26.2 Å². The lowest BCUT2D eigenvalue weighted by atomic mass is 10.0. The number of carboxylic acids is 1. The van der Waals surface area contributed by atoms with Gasteiger partial charge in [0.25, 0.3) is 0 Å². The molecule has 2 fully saturated rings. The van der Waals surface area contributed by atoms with Gasteiger partial charge in [-0.2, -0.15) is 0 Å². The molecular formula is C12H20N2O5S. The van der Waals surface area contributed by atoms with Crippen molar-refractivity contribution in [3.8, 4) is 0 Å². The normalized spacial score (nSPS) is 35.6. The first-order chi connectivity index (χ1) is 9.21. The van der Waals surface area contributed by atoms with Crippen LogP contribution in [0.5, 0.6) is 0 Å². The number of nitrogens with one attached hydrogen (secondary N) is 2. The zero-order valence-corrected chi connectivity index (χ0v) is 12.2. The Labute approximate surface area is 118 Å². The highest BCUT2D eigenvalue weighted by Crippen LogP contribution is 2.26. The van der Waals surface area contributed by atoms with Crippen molar-refractivity contribution in [2.24, 2.45) is 5.92 Å². The summed E-state index contributed by atoms with van der Waals surface area (Å²) >= 11 is 0. The Hall–Kier alpha value is -1.31. The molecule has 0 aromatic carbocycles. The minimum Gasteiger partial charge on any atom is -0.481 e. The molecule has 3 unspecified atom stereocenters. The van der Waals surface area contributed by atoms with Gasteiger partial charge in [-0.3, -0.25) is 4.79 Å². The topological polar surface area (TPSA) is 113 Å². The van der Waals surface area contributed by atoms with Crippen molar-refractivity contribution in [1.29, 1.82) is 0 Å². The molecule has 1 saturated heterocycles. The van der Waals surface area contributed by atoms with Crippen molar-refractivity contribution in [3.05, 3.63) is 0 Å². The number of hydrogen-bond acceptors (Lipinski definition) is 4. The third-order valence-electron chi connectivity index (χ3n) is 4.07. The van der Waals surface area contributed by atoms with Crippen LogP contribution in [-0.4, -0.2) is 48.6 Å². The molecule has 0 bridgehead atoms. The average Bonchev–Trinajstić information content (AvgIpc) is 2.83. The van der Waals surface area contributed by atoms with E-state index >= 15 is 0 Å². The van der Waals surface area contributed by atoms with E-state index in [4.69, 9.17) is 5.11 Å². The summed E-state index contributed by atoms with van der Waals surface area (Å²) in [6.07, 6.45) is 2.36. The fourth-order valence-corrected chi connectivity index (χ4v) is 5.11. The van der Waals surface area contributed by atoms with Crippen LogP contribution >= 0.6 is 0 Å².